The van der Waals surface area contributed by atoms with E-state index in [1.54, 1.807) is 29.7 Å². The fourth-order valence-corrected chi connectivity index (χ4v) is 5.06. The number of carbonyl (C=O) groups excluding carboxylic acids is 1. The molecule has 31 heavy (non-hydrogen) atoms. The lowest BCUT2D eigenvalue weighted by molar-refractivity contribution is 0.0952. The number of hydrogen-bond acceptors (Lipinski definition) is 5. The molecule has 0 radical (unpaired) electrons. The number of rotatable bonds is 7. The third kappa shape index (κ3) is 6.24. The number of nitrogens with zero attached hydrogens (tertiary/aromatic N) is 3. The van der Waals surface area contributed by atoms with Gasteiger partial charge in [0.15, 0.2) is 0 Å². The average Bonchev–Trinajstić information content (AvgIpc) is 3.17. The molecule has 1 amide bonds. The van der Waals surface area contributed by atoms with Crippen LogP contribution in [0.5, 0.6) is 0 Å². The number of fused-ring (bicyclic) bond motifs is 1. The molecule has 0 unspecified atom stereocenters. The number of benzene rings is 2. The van der Waals surface area contributed by atoms with Gasteiger partial charge >= 0.3 is 0 Å². The van der Waals surface area contributed by atoms with Gasteiger partial charge in [0.1, 0.15) is 5.82 Å². The molecule has 166 valence electrons. The molecule has 1 fully saturated rings. The molecular formula is C22H25Cl3N4OS. The van der Waals surface area contributed by atoms with Gasteiger partial charge in [-0.2, -0.15) is 4.37 Å². The summed E-state index contributed by atoms with van der Waals surface area (Å²) in [5.41, 5.74) is 0.498. The van der Waals surface area contributed by atoms with Crippen molar-refractivity contribution in [3.8, 4) is 0 Å². The lowest BCUT2D eigenvalue weighted by atomic mass is 10.2. The SMILES string of the molecule is Cl.O=C(NCCCCN1CCN(c2nsc3ccccc23)CC1)c1cc(Cl)cc(Cl)c1. The van der Waals surface area contributed by atoms with Gasteiger partial charge in [-0.1, -0.05) is 35.3 Å². The van der Waals surface area contributed by atoms with Gasteiger partial charge in [-0.15, -0.1) is 12.4 Å². The van der Waals surface area contributed by atoms with Crippen LogP contribution in [0.4, 0.5) is 5.82 Å². The Morgan fingerprint density at radius 3 is 2.48 bits per heavy atom. The maximum Gasteiger partial charge on any atom is 0.251 e. The van der Waals surface area contributed by atoms with Crippen LogP contribution in [0.1, 0.15) is 23.2 Å². The number of aromatic nitrogens is 1. The van der Waals surface area contributed by atoms with E-state index in [2.05, 4.69) is 43.8 Å². The first-order valence-corrected chi connectivity index (χ1v) is 11.7. The highest BCUT2D eigenvalue weighted by atomic mass is 35.5. The van der Waals surface area contributed by atoms with E-state index >= 15 is 0 Å². The molecule has 1 aliphatic heterocycles. The Balaban J connectivity index is 0.00000272. The fraction of sp³-hybridized carbons (Fsp3) is 0.364. The number of halogens is 3. The normalized spacial score (nSPS) is 14.5. The first kappa shape index (κ1) is 24.1. The molecule has 0 bridgehead atoms. The van der Waals surface area contributed by atoms with Crippen molar-refractivity contribution in [3.05, 3.63) is 58.1 Å². The van der Waals surface area contributed by atoms with Gasteiger partial charge < -0.3 is 10.2 Å². The van der Waals surface area contributed by atoms with E-state index in [4.69, 9.17) is 23.2 Å². The van der Waals surface area contributed by atoms with Crippen molar-refractivity contribution >= 4 is 69.0 Å². The maximum atomic E-state index is 12.2. The molecule has 4 rings (SSSR count). The highest BCUT2D eigenvalue weighted by Crippen LogP contribution is 2.29. The molecule has 2 heterocycles. The van der Waals surface area contributed by atoms with Crippen molar-refractivity contribution in [2.45, 2.75) is 12.8 Å². The number of nitrogens with one attached hydrogen (secondary N) is 1. The monoisotopic (exact) mass is 498 g/mol. The van der Waals surface area contributed by atoms with E-state index in [-0.39, 0.29) is 18.3 Å². The fourth-order valence-electron chi connectivity index (χ4n) is 3.73. The first-order chi connectivity index (χ1) is 14.6. The lowest BCUT2D eigenvalue weighted by Gasteiger charge is -2.35. The van der Waals surface area contributed by atoms with Crippen molar-refractivity contribution in [3.63, 3.8) is 0 Å². The second-order valence-electron chi connectivity index (χ2n) is 7.45. The molecule has 1 saturated heterocycles. The first-order valence-electron chi connectivity index (χ1n) is 10.2. The van der Waals surface area contributed by atoms with Crippen LogP contribution in [0.15, 0.2) is 42.5 Å². The van der Waals surface area contributed by atoms with Gasteiger partial charge in [0, 0.05) is 53.7 Å². The molecule has 1 aliphatic rings. The van der Waals surface area contributed by atoms with Crippen LogP contribution in [-0.4, -0.2) is 54.4 Å². The molecule has 0 saturated carbocycles. The van der Waals surface area contributed by atoms with Crippen LogP contribution in [0.25, 0.3) is 10.1 Å². The number of piperazine rings is 1. The Morgan fingerprint density at radius 1 is 1.03 bits per heavy atom. The molecule has 9 heteroatoms. The van der Waals surface area contributed by atoms with Crippen molar-refractivity contribution in [1.29, 1.82) is 0 Å². The summed E-state index contributed by atoms with van der Waals surface area (Å²) < 4.78 is 5.92. The van der Waals surface area contributed by atoms with Crippen LogP contribution in [-0.2, 0) is 0 Å². The predicted octanol–water partition coefficient (Wildman–Crippen LogP) is 5.36. The van der Waals surface area contributed by atoms with Crippen molar-refractivity contribution in [1.82, 2.24) is 14.6 Å². The second-order valence-corrected chi connectivity index (χ2v) is 9.13. The summed E-state index contributed by atoms with van der Waals surface area (Å²) in [5.74, 6) is 0.989. The van der Waals surface area contributed by atoms with Gasteiger partial charge in [-0.3, -0.25) is 9.69 Å². The molecule has 3 aromatic rings. The Kier molecular flexibility index (Phi) is 8.81. The van der Waals surface area contributed by atoms with Crippen molar-refractivity contribution in [2.24, 2.45) is 0 Å². The largest absolute Gasteiger partial charge is 0.353 e. The minimum absolute atomic E-state index is 0. The van der Waals surface area contributed by atoms with E-state index in [1.807, 2.05) is 0 Å². The van der Waals surface area contributed by atoms with Gasteiger partial charge in [-0.25, -0.2) is 0 Å². The number of unbranched alkanes of at least 4 members (excludes halogenated alkanes) is 1. The molecule has 2 aromatic carbocycles. The van der Waals surface area contributed by atoms with E-state index in [0.717, 1.165) is 51.4 Å². The Hall–Kier alpha value is -1.57. The van der Waals surface area contributed by atoms with Crippen molar-refractivity contribution in [2.75, 3.05) is 44.2 Å². The van der Waals surface area contributed by atoms with Crippen LogP contribution in [0, 0.1) is 0 Å². The Morgan fingerprint density at radius 2 is 1.74 bits per heavy atom. The average molecular weight is 500 g/mol. The van der Waals surface area contributed by atoms with Crippen molar-refractivity contribution < 1.29 is 4.79 Å². The minimum Gasteiger partial charge on any atom is -0.353 e. The molecule has 0 atom stereocenters. The predicted molar refractivity (Wildman–Crippen MR) is 134 cm³/mol. The topological polar surface area (TPSA) is 48.5 Å². The standard InChI is InChI=1S/C22H24Cl2N4OS.ClH/c23-17-13-16(14-18(24)15-17)22(29)25-7-3-4-8-27-9-11-28(12-10-27)21-19-5-1-2-6-20(19)30-26-21;/h1-2,5-6,13-15H,3-4,7-12H2,(H,25,29);1H. The lowest BCUT2D eigenvalue weighted by Crippen LogP contribution is -2.46. The smallest absolute Gasteiger partial charge is 0.251 e. The van der Waals surface area contributed by atoms with Crippen LogP contribution >= 0.6 is 47.1 Å². The third-order valence-electron chi connectivity index (χ3n) is 5.34. The number of amides is 1. The third-order valence-corrected chi connectivity index (χ3v) is 6.60. The summed E-state index contributed by atoms with van der Waals surface area (Å²) in [5, 5.41) is 5.14. The zero-order valence-corrected chi connectivity index (χ0v) is 20.2. The molecule has 1 N–H and O–H groups in total. The quantitative estimate of drug-likeness (QED) is 0.445. The number of carbonyl (C=O) groups is 1. The van der Waals surface area contributed by atoms with E-state index in [1.165, 1.54) is 10.1 Å². The highest BCUT2D eigenvalue weighted by Gasteiger charge is 2.20. The summed E-state index contributed by atoms with van der Waals surface area (Å²) in [6, 6.07) is 13.3. The number of hydrogen-bond donors (Lipinski definition) is 1. The Labute approximate surface area is 202 Å². The second kappa shape index (κ2) is 11.3. The number of anilines is 1. The molecule has 1 aromatic heterocycles. The zero-order chi connectivity index (χ0) is 20.9. The molecule has 0 aliphatic carbocycles. The van der Waals surface area contributed by atoms with Gasteiger partial charge in [-0.05, 0) is 61.3 Å². The van der Waals surface area contributed by atoms with Gasteiger partial charge in [0.25, 0.3) is 5.91 Å². The maximum absolute atomic E-state index is 12.2. The molecule has 5 nitrogen and oxygen atoms in total. The molecule has 0 spiro atoms. The van der Waals surface area contributed by atoms with E-state index in [0.29, 0.717) is 22.2 Å². The highest BCUT2D eigenvalue weighted by molar-refractivity contribution is 7.13. The van der Waals surface area contributed by atoms with Gasteiger partial charge in [0.2, 0.25) is 0 Å². The van der Waals surface area contributed by atoms with E-state index < -0.39 is 0 Å². The minimum atomic E-state index is -0.136. The van der Waals surface area contributed by atoms with Crippen LogP contribution in [0.2, 0.25) is 10.0 Å². The Bertz CT molecular complexity index is 1000. The summed E-state index contributed by atoms with van der Waals surface area (Å²) in [4.78, 5) is 17.1. The summed E-state index contributed by atoms with van der Waals surface area (Å²) in [6.07, 6.45) is 1.99. The van der Waals surface area contributed by atoms with Gasteiger partial charge in [0.05, 0.1) is 4.70 Å². The van der Waals surface area contributed by atoms with Crippen LogP contribution < -0.4 is 10.2 Å². The molecular weight excluding hydrogens is 475 g/mol. The summed E-state index contributed by atoms with van der Waals surface area (Å²) in [7, 11) is 0. The zero-order valence-electron chi connectivity index (χ0n) is 17.0. The summed E-state index contributed by atoms with van der Waals surface area (Å²) >= 11 is 13.5. The summed E-state index contributed by atoms with van der Waals surface area (Å²) in [6.45, 7) is 5.77. The van der Waals surface area contributed by atoms with Crippen LogP contribution in [0.3, 0.4) is 0 Å². The van der Waals surface area contributed by atoms with E-state index in [9.17, 15) is 4.79 Å².